The first-order valence-corrected chi connectivity index (χ1v) is 6.03. The number of benzene rings is 1. The molecule has 0 saturated heterocycles. The Morgan fingerprint density at radius 3 is 2.65 bits per heavy atom. The first-order chi connectivity index (χ1) is 9.45. The van der Waals surface area contributed by atoms with Crippen LogP contribution in [0.2, 0.25) is 5.02 Å². The molecule has 0 aliphatic heterocycles. The first kappa shape index (κ1) is 14.1. The third-order valence-corrected chi connectivity index (χ3v) is 3.07. The van der Waals surface area contributed by atoms with E-state index in [1.165, 1.54) is 26.2 Å². The lowest BCUT2D eigenvalue weighted by Gasteiger charge is -2.09. The fourth-order valence-electron chi connectivity index (χ4n) is 1.73. The molecular weight excluding hydrogens is 284 g/mol. The van der Waals surface area contributed by atoms with Crippen molar-refractivity contribution in [2.45, 2.75) is 6.92 Å². The van der Waals surface area contributed by atoms with Gasteiger partial charge in [0.15, 0.2) is 5.78 Å². The molecule has 104 valence electrons. The zero-order valence-electron chi connectivity index (χ0n) is 10.8. The Morgan fingerprint density at radius 2 is 2.05 bits per heavy atom. The van der Waals surface area contributed by atoms with Gasteiger partial charge in [0.25, 0.3) is 5.56 Å². The molecule has 0 aliphatic rings. The van der Waals surface area contributed by atoms with E-state index in [2.05, 4.69) is 4.98 Å². The van der Waals surface area contributed by atoms with Crippen LogP contribution in [0.1, 0.15) is 17.3 Å². The highest BCUT2D eigenvalue weighted by atomic mass is 35.5. The lowest BCUT2D eigenvalue weighted by Crippen LogP contribution is -2.36. The highest BCUT2D eigenvalue weighted by Gasteiger charge is 2.15. The van der Waals surface area contributed by atoms with Crippen molar-refractivity contribution in [2.24, 2.45) is 0 Å². The second kappa shape index (κ2) is 5.34. The molecule has 7 heteroatoms. The van der Waals surface area contributed by atoms with Gasteiger partial charge in [0.05, 0.1) is 23.4 Å². The number of aromatic amines is 1. The lowest BCUT2D eigenvalue weighted by molar-refractivity contribution is 0.101. The number of hydrogen-bond acceptors (Lipinski definition) is 4. The quantitative estimate of drug-likeness (QED) is 0.867. The predicted octanol–water partition coefficient (Wildman–Crippen LogP) is 1.39. The summed E-state index contributed by atoms with van der Waals surface area (Å²) in [5.41, 5.74) is -1.38. The van der Waals surface area contributed by atoms with Crippen molar-refractivity contribution < 1.29 is 9.53 Å². The second-order valence-electron chi connectivity index (χ2n) is 4.02. The van der Waals surface area contributed by atoms with Gasteiger partial charge in [0.1, 0.15) is 5.75 Å². The number of hydrogen-bond donors (Lipinski definition) is 1. The minimum absolute atomic E-state index is 0.122. The van der Waals surface area contributed by atoms with Gasteiger partial charge in [-0.05, 0) is 19.1 Å². The van der Waals surface area contributed by atoms with Crippen LogP contribution in [0.4, 0.5) is 0 Å². The standard InChI is InChI=1S/C13H11ClN2O4/c1-7(17)9-6-15-13(19)16(12(9)18)11-5-8(20-2)3-4-10(11)14/h3-6H,1-2H3,(H,15,19). The summed E-state index contributed by atoms with van der Waals surface area (Å²) < 4.78 is 5.84. The van der Waals surface area contributed by atoms with E-state index in [0.29, 0.717) is 5.75 Å². The second-order valence-corrected chi connectivity index (χ2v) is 4.43. The van der Waals surface area contributed by atoms with Gasteiger partial charge in [-0.25, -0.2) is 9.36 Å². The van der Waals surface area contributed by atoms with Gasteiger partial charge >= 0.3 is 5.69 Å². The summed E-state index contributed by atoms with van der Waals surface area (Å²) >= 11 is 6.01. The van der Waals surface area contributed by atoms with E-state index in [1.807, 2.05) is 0 Å². The number of nitrogens with one attached hydrogen (secondary N) is 1. The first-order valence-electron chi connectivity index (χ1n) is 5.65. The van der Waals surface area contributed by atoms with E-state index < -0.39 is 17.0 Å². The third kappa shape index (κ3) is 2.37. The molecule has 6 nitrogen and oxygen atoms in total. The fraction of sp³-hybridized carbons (Fsp3) is 0.154. The number of ketones is 1. The van der Waals surface area contributed by atoms with E-state index in [1.54, 1.807) is 6.07 Å². The highest BCUT2D eigenvalue weighted by molar-refractivity contribution is 6.32. The number of halogens is 1. The fourth-order valence-corrected chi connectivity index (χ4v) is 1.94. The van der Waals surface area contributed by atoms with Crippen LogP contribution in [0.5, 0.6) is 5.75 Å². The molecule has 1 N–H and O–H groups in total. The Morgan fingerprint density at radius 1 is 1.35 bits per heavy atom. The Labute approximate surface area is 118 Å². The van der Waals surface area contributed by atoms with Gasteiger partial charge in [0, 0.05) is 12.3 Å². The number of carbonyl (C=O) groups is 1. The van der Waals surface area contributed by atoms with E-state index in [0.717, 1.165) is 10.8 Å². The molecule has 0 aliphatic carbocycles. The van der Waals surface area contributed by atoms with Crippen LogP contribution in [0.25, 0.3) is 5.69 Å². The van der Waals surface area contributed by atoms with Gasteiger partial charge in [0.2, 0.25) is 0 Å². The monoisotopic (exact) mass is 294 g/mol. The van der Waals surface area contributed by atoms with Gasteiger partial charge in [-0.2, -0.15) is 0 Å². The number of ether oxygens (including phenoxy) is 1. The van der Waals surface area contributed by atoms with Crippen molar-refractivity contribution in [1.29, 1.82) is 0 Å². The summed E-state index contributed by atoms with van der Waals surface area (Å²) in [4.78, 5) is 37.8. The average molecular weight is 295 g/mol. The van der Waals surface area contributed by atoms with Crippen LogP contribution in [-0.4, -0.2) is 22.4 Å². The maximum atomic E-state index is 12.2. The smallest absolute Gasteiger partial charge is 0.333 e. The van der Waals surface area contributed by atoms with Crippen molar-refractivity contribution in [3.63, 3.8) is 0 Å². The normalized spacial score (nSPS) is 10.3. The summed E-state index contributed by atoms with van der Waals surface area (Å²) in [6.07, 6.45) is 1.09. The largest absolute Gasteiger partial charge is 0.497 e. The average Bonchev–Trinajstić information content (AvgIpc) is 2.40. The third-order valence-electron chi connectivity index (χ3n) is 2.75. The maximum Gasteiger partial charge on any atom is 0.333 e. The molecule has 0 bridgehead atoms. The SMILES string of the molecule is COc1ccc(Cl)c(-n2c(=O)[nH]cc(C(C)=O)c2=O)c1. The van der Waals surface area contributed by atoms with E-state index in [9.17, 15) is 14.4 Å². The summed E-state index contributed by atoms with van der Waals surface area (Å²) in [6.45, 7) is 1.24. The van der Waals surface area contributed by atoms with Crippen LogP contribution < -0.4 is 16.0 Å². The lowest BCUT2D eigenvalue weighted by atomic mass is 10.2. The van der Waals surface area contributed by atoms with E-state index in [-0.39, 0.29) is 16.3 Å². The highest BCUT2D eigenvalue weighted by Crippen LogP contribution is 2.23. The van der Waals surface area contributed by atoms with Crippen LogP contribution in [-0.2, 0) is 0 Å². The molecule has 1 aromatic heterocycles. The summed E-state index contributed by atoms with van der Waals surface area (Å²) in [6, 6.07) is 4.55. The summed E-state index contributed by atoms with van der Waals surface area (Å²) in [5, 5.41) is 0.194. The number of carbonyl (C=O) groups excluding carboxylic acids is 1. The maximum absolute atomic E-state index is 12.2. The molecule has 0 saturated carbocycles. The number of Topliss-reactive ketones (excluding diaryl/α,β-unsaturated/α-hetero) is 1. The van der Waals surface area contributed by atoms with Crippen LogP contribution in [0.3, 0.4) is 0 Å². The number of aromatic nitrogens is 2. The number of rotatable bonds is 3. The molecule has 0 unspecified atom stereocenters. The molecule has 20 heavy (non-hydrogen) atoms. The number of H-pyrrole nitrogens is 1. The van der Waals surface area contributed by atoms with Crippen LogP contribution >= 0.6 is 11.6 Å². The molecule has 2 rings (SSSR count). The molecule has 1 heterocycles. The minimum Gasteiger partial charge on any atom is -0.497 e. The van der Waals surface area contributed by atoms with Crippen molar-refractivity contribution in [2.75, 3.05) is 7.11 Å². The topological polar surface area (TPSA) is 81.2 Å². The minimum atomic E-state index is -0.726. The van der Waals surface area contributed by atoms with Crippen molar-refractivity contribution in [3.05, 3.63) is 55.8 Å². The predicted molar refractivity (Wildman–Crippen MR) is 74.2 cm³/mol. The molecule has 0 fully saturated rings. The zero-order valence-corrected chi connectivity index (χ0v) is 11.5. The van der Waals surface area contributed by atoms with E-state index >= 15 is 0 Å². The molecule has 0 radical (unpaired) electrons. The van der Waals surface area contributed by atoms with Gasteiger partial charge in [-0.1, -0.05) is 11.6 Å². The van der Waals surface area contributed by atoms with E-state index in [4.69, 9.17) is 16.3 Å². The van der Waals surface area contributed by atoms with Gasteiger partial charge in [-0.3, -0.25) is 9.59 Å². The number of nitrogens with zero attached hydrogens (tertiary/aromatic N) is 1. The zero-order chi connectivity index (χ0) is 14.9. The molecule has 2 aromatic rings. The molecule has 0 amide bonds. The van der Waals surface area contributed by atoms with Crippen molar-refractivity contribution >= 4 is 17.4 Å². The molecule has 1 aromatic carbocycles. The Balaban J connectivity index is 2.82. The van der Waals surface area contributed by atoms with Crippen LogP contribution in [0, 0.1) is 0 Å². The van der Waals surface area contributed by atoms with Crippen LogP contribution in [0.15, 0.2) is 34.0 Å². The number of methoxy groups -OCH3 is 1. The Hall–Kier alpha value is -2.34. The molecule has 0 spiro atoms. The van der Waals surface area contributed by atoms with Crippen molar-refractivity contribution in [1.82, 2.24) is 9.55 Å². The Kier molecular flexibility index (Phi) is 3.76. The molecular formula is C13H11ClN2O4. The molecule has 0 atom stereocenters. The van der Waals surface area contributed by atoms with Crippen molar-refractivity contribution in [3.8, 4) is 11.4 Å². The summed E-state index contributed by atoms with van der Waals surface area (Å²) in [5.74, 6) is -0.0112. The van der Waals surface area contributed by atoms with Gasteiger partial charge < -0.3 is 9.72 Å². The summed E-state index contributed by atoms with van der Waals surface area (Å²) in [7, 11) is 1.45. The van der Waals surface area contributed by atoms with Gasteiger partial charge in [-0.15, -0.1) is 0 Å². The Bertz CT molecular complexity index is 792.